The molecule has 2 nitrogen and oxygen atoms in total. The van der Waals surface area contributed by atoms with Crippen LogP contribution in [0, 0.1) is 0 Å². The molecule has 1 aromatic rings. The van der Waals surface area contributed by atoms with Crippen LogP contribution in [0.1, 0.15) is 31.7 Å². The predicted octanol–water partition coefficient (Wildman–Crippen LogP) is 3.05. The van der Waals surface area contributed by atoms with Gasteiger partial charge in [-0.15, -0.1) is 0 Å². The van der Waals surface area contributed by atoms with E-state index in [9.17, 15) is 4.79 Å². The minimum Gasteiger partial charge on any atom is -0.352 e. The van der Waals surface area contributed by atoms with Crippen LogP contribution in [-0.2, 0) is 11.3 Å². The molecule has 1 N–H and O–H groups in total. The molecule has 0 aliphatic carbocycles. The van der Waals surface area contributed by atoms with Gasteiger partial charge in [-0.3, -0.25) is 4.79 Å². The summed E-state index contributed by atoms with van der Waals surface area (Å²) in [6.07, 6.45) is 6.61. The molecule has 0 bridgehead atoms. The molecule has 0 saturated heterocycles. The molecular weight excluding hydrogens is 198 g/mol. The second-order valence-corrected chi connectivity index (χ2v) is 3.72. The van der Waals surface area contributed by atoms with Crippen molar-refractivity contribution in [1.29, 1.82) is 0 Å². The summed E-state index contributed by atoms with van der Waals surface area (Å²) in [6, 6.07) is 9.96. The predicted molar refractivity (Wildman–Crippen MR) is 67.0 cm³/mol. The van der Waals surface area contributed by atoms with Crippen molar-refractivity contribution in [3.05, 3.63) is 48.0 Å². The van der Waals surface area contributed by atoms with Gasteiger partial charge in [-0.05, 0) is 25.3 Å². The highest BCUT2D eigenvalue weighted by molar-refractivity contribution is 5.75. The maximum atomic E-state index is 11.4. The normalized spacial score (nSPS) is 10.6. The Kier molecular flexibility index (Phi) is 6.00. The van der Waals surface area contributed by atoms with Crippen molar-refractivity contribution in [2.24, 2.45) is 0 Å². The molecule has 0 atom stereocenters. The summed E-state index contributed by atoms with van der Waals surface area (Å²) in [5.74, 6) is 0.133. The van der Waals surface area contributed by atoms with Crippen LogP contribution in [0.3, 0.4) is 0 Å². The summed E-state index contributed by atoms with van der Waals surface area (Å²) in [6.45, 7) is 2.62. The molecule has 0 aromatic heterocycles. The van der Waals surface area contributed by atoms with E-state index in [1.165, 1.54) is 0 Å². The van der Waals surface area contributed by atoms with Gasteiger partial charge in [0.25, 0.3) is 0 Å². The molecule has 86 valence electrons. The number of carbonyl (C=O) groups excluding carboxylic acids is 1. The molecule has 0 spiro atoms. The van der Waals surface area contributed by atoms with Crippen molar-refractivity contribution in [2.45, 2.75) is 32.7 Å². The van der Waals surface area contributed by atoms with E-state index in [1.54, 1.807) is 0 Å². The average Bonchev–Trinajstić information content (AvgIpc) is 2.33. The maximum absolute atomic E-state index is 11.4. The van der Waals surface area contributed by atoms with Crippen LogP contribution < -0.4 is 5.32 Å². The molecule has 1 amide bonds. The molecule has 16 heavy (non-hydrogen) atoms. The van der Waals surface area contributed by atoms with Crippen LogP contribution in [0.2, 0.25) is 0 Å². The zero-order chi connectivity index (χ0) is 11.6. The maximum Gasteiger partial charge on any atom is 0.220 e. The van der Waals surface area contributed by atoms with Gasteiger partial charge < -0.3 is 5.32 Å². The monoisotopic (exact) mass is 217 g/mol. The van der Waals surface area contributed by atoms with E-state index in [2.05, 4.69) is 11.4 Å². The summed E-state index contributed by atoms with van der Waals surface area (Å²) in [5.41, 5.74) is 1.14. The first kappa shape index (κ1) is 12.5. The van der Waals surface area contributed by atoms with E-state index in [-0.39, 0.29) is 5.91 Å². The van der Waals surface area contributed by atoms with Crippen LogP contribution >= 0.6 is 0 Å². The summed E-state index contributed by atoms with van der Waals surface area (Å²) in [5, 5.41) is 2.91. The second-order valence-electron chi connectivity index (χ2n) is 3.72. The third kappa shape index (κ3) is 5.35. The highest BCUT2D eigenvalue weighted by atomic mass is 16.1. The Morgan fingerprint density at radius 2 is 2.06 bits per heavy atom. The van der Waals surface area contributed by atoms with Crippen LogP contribution in [0.25, 0.3) is 0 Å². The zero-order valence-electron chi connectivity index (χ0n) is 9.78. The SMILES string of the molecule is C/C=C/CCCC(=O)NCc1ccccc1. The summed E-state index contributed by atoms with van der Waals surface area (Å²) >= 11 is 0. The van der Waals surface area contributed by atoms with Crippen LogP contribution in [-0.4, -0.2) is 5.91 Å². The molecule has 0 fully saturated rings. The van der Waals surface area contributed by atoms with Gasteiger partial charge in [0.05, 0.1) is 0 Å². The first-order valence-corrected chi connectivity index (χ1v) is 5.74. The largest absolute Gasteiger partial charge is 0.352 e. The van der Waals surface area contributed by atoms with E-state index in [4.69, 9.17) is 0 Å². The lowest BCUT2D eigenvalue weighted by Gasteiger charge is -2.04. The topological polar surface area (TPSA) is 29.1 Å². The fourth-order valence-electron chi connectivity index (χ4n) is 1.43. The van der Waals surface area contributed by atoms with Gasteiger partial charge >= 0.3 is 0 Å². The fraction of sp³-hybridized carbons (Fsp3) is 0.357. The molecule has 0 unspecified atom stereocenters. The number of benzene rings is 1. The van der Waals surface area contributed by atoms with E-state index < -0.39 is 0 Å². The number of nitrogens with one attached hydrogen (secondary N) is 1. The first-order valence-electron chi connectivity index (χ1n) is 5.74. The van der Waals surface area contributed by atoms with Gasteiger partial charge in [0.1, 0.15) is 0 Å². The van der Waals surface area contributed by atoms with Gasteiger partial charge in [0, 0.05) is 13.0 Å². The number of unbranched alkanes of at least 4 members (excludes halogenated alkanes) is 1. The first-order chi connectivity index (χ1) is 7.83. The average molecular weight is 217 g/mol. The lowest BCUT2D eigenvalue weighted by Crippen LogP contribution is -2.22. The van der Waals surface area contributed by atoms with Crippen LogP contribution in [0.15, 0.2) is 42.5 Å². The molecule has 0 aliphatic rings. The van der Waals surface area contributed by atoms with Gasteiger partial charge in [0.2, 0.25) is 5.91 Å². The lowest BCUT2D eigenvalue weighted by molar-refractivity contribution is -0.121. The number of rotatable bonds is 6. The summed E-state index contributed by atoms with van der Waals surface area (Å²) in [7, 11) is 0. The van der Waals surface area contributed by atoms with Crippen LogP contribution in [0.5, 0.6) is 0 Å². The number of hydrogen-bond acceptors (Lipinski definition) is 1. The Labute approximate surface area is 97.4 Å². The van der Waals surface area contributed by atoms with Gasteiger partial charge in [0.15, 0.2) is 0 Å². The van der Waals surface area contributed by atoms with Crippen molar-refractivity contribution in [1.82, 2.24) is 5.32 Å². The zero-order valence-corrected chi connectivity index (χ0v) is 9.78. The van der Waals surface area contributed by atoms with Crippen molar-refractivity contribution in [3.63, 3.8) is 0 Å². The van der Waals surface area contributed by atoms with Crippen molar-refractivity contribution in [2.75, 3.05) is 0 Å². The standard InChI is InChI=1S/C14H19NO/c1-2-3-4-8-11-14(16)15-12-13-9-6-5-7-10-13/h2-3,5-7,9-10H,4,8,11-12H2,1H3,(H,15,16)/b3-2+. The summed E-state index contributed by atoms with van der Waals surface area (Å²) < 4.78 is 0. The van der Waals surface area contributed by atoms with Gasteiger partial charge in [-0.2, -0.15) is 0 Å². The fourth-order valence-corrected chi connectivity index (χ4v) is 1.43. The van der Waals surface area contributed by atoms with E-state index in [0.29, 0.717) is 13.0 Å². The van der Waals surface area contributed by atoms with Crippen molar-refractivity contribution in [3.8, 4) is 0 Å². The highest BCUT2D eigenvalue weighted by Gasteiger charge is 1.99. The molecule has 0 heterocycles. The Balaban J connectivity index is 2.15. The van der Waals surface area contributed by atoms with Gasteiger partial charge in [-0.1, -0.05) is 42.5 Å². The third-order valence-corrected chi connectivity index (χ3v) is 2.34. The Morgan fingerprint density at radius 3 is 2.75 bits per heavy atom. The quantitative estimate of drug-likeness (QED) is 0.576. The van der Waals surface area contributed by atoms with Crippen molar-refractivity contribution >= 4 is 5.91 Å². The lowest BCUT2D eigenvalue weighted by atomic mass is 10.2. The molecule has 0 aliphatic heterocycles. The highest BCUT2D eigenvalue weighted by Crippen LogP contribution is 1.99. The Morgan fingerprint density at radius 1 is 1.31 bits per heavy atom. The molecule has 1 rings (SSSR count). The molecule has 0 saturated carbocycles. The minimum absolute atomic E-state index is 0.133. The summed E-state index contributed by atoms with van der Waals surface area (Å²) in [4.78, 5) is 11.4. The number of allylic oxidation sites excluding steroid dienone is 2. The van der Waals surface area contributed by atoms with E-state index in [1.807, 2.05) is 43.3 Å². The third-order valence-electron chi connectivity index (χ3n) is 2.34. The van der Waals surface area contributed by atoms with E-state index >= 15 is 0 Å². The van der Waals surface area contributed by atoms with Gasteiger partial charge in [-0.25, -0.2) is 0 Å². The molecule has 0 radical (unpaired) electrons. The smallest absolute Gasteiger partial charge is 0.220 e. The van der Waals surface area contributed by atoms with Crippen molar-refractivity contribution < 1.29 is 4.79 Å². The minimum atomic E-state index is 0.133. The molecule has 1 aromatic carbocycles. The second kappa shape index (κ2) is 7.69. The Bertz CT molecular complexity index is 330. The molecular formula is C14H19NO. The van der Waals surface area contributed by atoms with Crippen LogP contribution in [0.4, 0.5) is 0 Å². The molecule has 2 heteroatoms. The number of hydrogen-bond donors (Lipinski definition) is 1. The Hall–Kier alpha value is -1.57. The van der Waals surface area contributed by atoms with E-state index in [0.717, 1.165) is 18.4 Å². The number of amides is 1. The number of carbonyl (C=O) groups is 1.